The first-order valence-electron chi connectivity index (χ1n) is 9.19. The summed E-state index contributed by atoms with van der Waals surface area (Å²) in [4.78, 5) is 0. The second kappa shape index (κ2) is 7.40. The number of nitrogens with zero attached hydrogens (tertiary/aromatic N) is 7. The number of hydrazine groups is 1. The molecule has 0 bridgehead atoms. The van der Waals surface area contributed by atoms with Crippen molar-refractivity contribution in [3.05, 3.63) is 59.7 Å². The summed E-state index contributed by atoms with van der Waals surface area (Å²) in [5.41, 5.74) is 7.66. The van der Waals surface area contributed by atoms with Crippen molar-refractivity contribution in [3.8, 4) is 11.1 Å². The van der Waals surface area contributed by atoms with E-state index in [0.717, 1.165) is 40.6 Å². The van der Waals surface area contributed by atoms with E-state index < -0.39 is 0 Å². The van der Waals surface area contributed by atoms with Crippen LogP contribution in [0.25, 0.3) is 11.1 Å². The number of hydrazone groups is 2. The van der Waals surface area contributed by atoms with Crippen LogP contribution in [0.5, 0.6) is 0 Å². The average molecular weight is 377 g/mol. The van der Waals surface area contributed by atoms with Crippen molar-refractivity contribution in [3.63, 3.8) is 0 Å². The van der Waals surface area contributed by atoms with Gasteiger partial charge < -0.3 is 0 Å². The molecule has 0 atom stereocenters. The van der Waals surface area contributed by atoms with Gasteiger partial charge in [0.25, 0.3) is 6.67 Å². The molecule has 0 aromatic heterocycles. The summed E-state index contributed by atoms with van der Waals surface area (Å²) in [5, 5.41) is 19.3. The number of amidine groups is 2. The topological polar surface area (TPSA) is 61.8 Å². The molecule has 2 aromatic rings. The lowest BCUT2D eigenvalue weighted by molar-refractivity contribution is -0.582. The van der Waals surface area contributed by atoms with Crippen LogP contribution in [0.4, 0.5) is 0 Å². The molecule has 0 saturated carbocycles. The van der Waals surface area contributed by atoms with E-state index in [4.69, 9.17) is 0 Å². The van der Waals surface area contributed by atoms with Gasteiger partial charge in [-0.3, -0.25) is 10.4 Å². The van der Waals surface area contributed by atoms with E-state index in [1.165, 1.54) is 0 Å². The summed E-state index contributed by atoms with van der Waals surface area (Å²) in [6.07, 6.45) is 0. The molecule has 0 fully saturated rings. The van der Waals surface area contributed by atoms with Crippen molar-refractivity contribution < 1.29 is 4.70 Å². The van der Waals surface area contributed by atoms with Crippen molar-refractivity contribution in [2.45, 2.75) is 0 Å². The van der Waals surface area contributed by atoms with Crippen LogP contribution in [0.1, 0.15) is 11.1 Å². The third-order valence-corrected chi connectivity index (χ3v) is 4.56. The molecule has 2 aliphatic heterocycles. The van der Waals surface area contributed by atoms with E-state index in [1.54, 1.807) is 0 Å². The molecular formula is C20H25N8+. The molecule has 1 N–H and O–H groups in total. The first kappa shape index (κ1) is 18.1. The Labute approximate surface area is 165 Å². The number of benzene rings is 2. The lowest BCUT2D eigenvalue weighted by Crippen LogP contribution is -2.49. The highest BCUT2D eigenvalue weighted by Crippen LogP contribution is 2.22. The van der Waals surface area contributed by atoms with Gasteiger partial charge in [0.15, 0.2) is 12.9 Å². The number of rotatable bonds is 3. The molecule has 0 aliphatic carbocycles. The quantitative estimate of drug-likeness (QED) is 0.832. The molecule has 8 heteroatoms. The minimum absolute atomic E-state index is 0.694. The number of nitrogens with one attached hydrogen (secondary N) is 1. The maximum Gasteiger partial charge on any atom is 0.258 e. The SMILES string of the molecule is CN1C[N+](C)=NC(c2ccc(-c3ccc(C4=NN(C)CN(C)N4)cc3)cc2)=N1. The Morgan fingerprint density at radius 1 is 0.786 bits per heavy atom. The molecule has 2 aromatic carbocycles. The summed E-state index contributed by atoms with van der Waals surface area (Å²) in [6.45, 7) is 1.44. The van der Waals surface area contributed by atoms with Gasteiger partial charge in [0.1, 0.15) is 6.67 Å². The third-order valence-electron chi connectivity index (χ3n) is 4.56. The van der Waals surface area contributed by atoms with E-state index in [1.807, 2.05) is 47.9 Å². The molecule has 4 rings (SSSR count). The monoisotopic (exact) mass is 377 g/mol. The fourth-order valence-corrected chi connectivity index (χ4v) is 3.32. The van der Waals surface area contributed by atoms with Gasteiger partial charge in [-0.15, -0.1) is 9.80 Å². The maximum atomic E-state index is 4.55. The third kappa shape index (κ3) is 3.86. The van der Waals surface area contributed by atoms with Gasteiger partial charge in [0, 0.05) is 37.4 Å². The molecule has 2 aliphatic rings. The van der Waals surface area contributed by atoms with E-state index in [-0.39, 0.29) is 0 Å². The second-order valence-corrected chi connectivity index (χ2v) is 7.19. The largest absolute Gasteiger partial charge is 0.300 e. The minimum atomic E-state index is 0.694. The molecular weight excluding hydrogens is 352 g/mol. The molecule has 144 valence electrons. The number of hydrogen-bond donors (Lipinski definition) is 1. The van der Waals surface area contributed by atoms with E-state index in [9.17, 15) is 0 Å². The zero-order valence-corrected chi connectivity index (χ0v) is 16.7. The molecule has 0 saturated heterocycles. The molecule has 0 radical (unpaired) electrons. The minimum Gasteiger partial charge on any atom is -0.300 e. The Kier molecular flexibility index (Phi) is 4.79. The number of hydrogen-bond acceptors (Lipinski definition) is 7. The van der Waals surface area contributed by atoms with Gasteiger partial charge in [0.05, 0.1) is 0 Å². The Morgan fingerprint density at radius 3 is 1.93 bits per heavy atom. The van der Waals surface area contributed by atoms with E-state index in [0.29, 0.717) is 6.67 Å². The van der Waals surface area contributed by atoms with Crippen LogP contribution in [-0.2, 0) is 0 Å². The van der Waals surface area contributed by atoms with Gasteiger partial charge >= 0.3 is 0 Å². The fraction of sp³-hybridized carbons (Fsp3) is 0.300. The van der Waals surface area contributed by atoms with Gasteiger partial charge in [0.2, 0.25) is 5.84 Å². The van der Waals surface area contributed by atoms with Crippen LogP contribution >= 0.6 is 0 Å². The Balaban J connectivity index is 1.54. The highest BCUT2D eigenvalue weighted by atomic mass is 15.7. The first-order chi connectivity index (χ1) is 13.5. The van der Waals surface area contributed by atoms with Crippen LogP contribution in [0.2, 0.25) is 0 Å². The van der Waals surface area contributed by atoms with Crippen molar-refractivity contribution in [2.75, 3.05) is 41.5 Å². The standard InChI is InChI=1S/C20H25N8/c1-25-13-26(2)22-19(21-25)17-9-5-15(6-10-17)16-7-11-18(12-8-16)20-23-27(3)14-28(4)24-20/h5-12H,13-14H2,1-4H3,(H,21,22)/q+1. The van der Waals surface area contributed by atoms with Crippen LogP contribution in [-0.4, -0.2) is 72.9 Å². The van der Waals surface area contributed by atoms with Crippen molar-refractivity contribution >= 4 is 11.7 Å². The van der Waals surface area contributed by atoms with Crippen molar-refractivity contribution in [1.29, 1.82) is 0 Å². The van der Waals surface area contributed by atoms with Gasteiger partial charge in [-0.2, -0.15) is 5.10 Å². The van der Waals surface area contributed by atoms with Gasteiger partial charge in [-0.25, -0.2) is 10.0 Å². The lowest BCUT2D eigenvalue weighted by Gasteiger charge is -2.30. The average Bonchev–Trinajstić information content (AvgIpc) is 2.67. The van der Waals surface area contributed by atoms with E-state index in [2.05, 4.69) is 69.3 Å². The summed E-state index contributed by atoms with van der Waals surface area (Å²) in [5.74, 6) is 1.58. The summed E-state index contributed by atoms with van der Waals surface area (Å²) in [7, 11) is 7.86. The normalized spacial score (nSPS) is 17.6. The first-order valence-corrected chi connectivity index (χ1v) is 9.19. The molecule has 0 spiro atoms. The highest BCUT2D eigenvalue weighted by Gasteiger charge is 2.17. The Bertz CT molecular complexity index is 943. The van der Waals surface area contributed by atoms with Crippen LogP contribution in [0, 0.1) is 0 Å². The predicted molar refractivity (Wildman–Crippen MR) is 110 cm³/mol. The van der Waals surface area contributed by atoms with Crippen molar-refractivity contribution in [2.24, 2.45) is 15.3 Å². The predicted octanol–water partition coefficient (Wildman–Crippen LogP) is 2.01. The van der Waals surface area contributed by atoms with Crippen LogP contribution in [0.3, 0.4) is 0 Å². The number of azo groups is 2. The van der Waals surface area contributed by atoms with Gasteiger partial charge in [-0.05, 0) is 11.1 Å². The zero-order valence-electron chi connectivity index (χ0n) is 16.7. The summed E-state index contributed by atoms with van der Waals surface area (Å²) >= 11 is 0. The van der Waals surface area contributed by atoms with Crippen molar-refractivity contribution in [1.82, 2.24) is 20.5 Å². The fourth-order valence-electron chi connectivity index (χ4n) is 3.32. The molecule has 8 nitrogen and oxygen atoms in total. The zero-order chi connectivity index (χ0) is 19.7. The molecule has 2 heterocycles. The molecule has 28 heavy (non-hydrogen) atoms. The molecule has 0 amide bonds. The summed E-state index contributed by atoms with van der Waals surface area (Å²) < 4.78 is 1.88. The van der Waals surface area contributed by atoms with E-state index >= 15 is 0 Å². The van der Waals surface area contributed by atoms with Crippen LogP contribution < -0.4 is 5.43 Å². The van der Waals surface area contributed by atoms with Gasteiger partial charge in [-0.1, -0.05) is 48.5 Å². The highest BCUT2D eigenvalue weighted by molar-refractivity contribution is 6.00. The second-order valence-electron chi connectivity index (χ2n) is 7.19. The Hall–Kier alpha value is -3.26. The Morgan fingerprint density at radius 2 is 1.36 bits per heavy atom. The summed E-state index contributed by atoms with van der Waals surface area (Å²) in [6, 6.07) is 16.8. The maximum absolute atomic E-state index is 4.55. The lowest BCUT2D eigenvalue weighted by atomic mass is 10.0. The smallest absolute Gasteiger partial charge is 0.258 e. The van der Waals surface area contributed by atoms with Crippen LogP contribution in [0.15, 0.2) is 63.8 Å². The molecule has 0 unspecified atom stereocenters.